The van der Waals surface area contributed by atoms with Crippen LogP contribution in [0.4, 0.5) is 10.1 Å². The standard InChI is InChI=1S/C18H15ClFN3O/c1-11-4-3-5-14(8-11)23-12(2)15(10-21-23)18(24)22-13-6-7-17(20)16(19)9-13/h3-10H,1-2H3,(H,22,24). The molecule has 1 aromatic heterocycles. The van der Waals surface area contributed by atoms with Crippen molar-refractivity contribution in [1.82, 2.24) is 9.78 Å². The summed E-state index contributed by atoms with van der Waals surface area (Å²) in [6.45, 7) is 3.82. The van der Waals surface area contributed by atoms with Gasteiger partial charge in [-0.1, -0.05) is 23.7 Å². The van der Waals surface area contributed by atoms with Crippen LogP contribution in [0.15, 0.2) is 48.7 Å². The molecule has 0 aliphatic heterocycles. The van der Waals surface area contributed by atoms with E-state index in [0.717, 1.165) is 11.3 Å². The fourth-order valence-electron chi connectivity index (χ4n) is 2.42. The fourth-order valence-corrected chi connectivity index (χ4v) is 2.61. The van der Waals surface area contributed by atoms with Gasteiger partial charge in [-0.2, -0.15) is 5.10 Å². The van der Waals surface area contributed by atoms with E-state index >= 15 is 0 Å². The number of aromatic nitrogens is 2. The Balaban J connectivity index is 1.87. The zero-order valence-corrected chi connectivity index (χ0v) is 13.9. The first-order valence-corrected chi connectivity index (χ1v) is 7.71. The molecule has 2 aromatic carbocycles. The molecule has 0 saturated carbocycles. The van der Waals surface area contributed by atoms with Gasteiger partial charge in [0, 0.05) is 5.69 Å². The Bertz CT molecular complexity index is 920. The van der Waals surface area contributed by atoms with Crippen molar-refractivity contribution in [2.24, 2.45) is 0 Å². The third-order valence-electron chi connectivity index (χ3n) is 3.68. The van der Waals surface area contributed by atoms with E-state index < -0.39 is 5.82 Å². The number of nitrogens with one attached hydrogen (secondary N) is 1. The molecule has 0 spiro atoms. The number of halogens is 2. The summed E-state index contributed by atoms with van der Waals surface area (Å²) in [6, 6.07) is 11.9. The van der Waals surface area contributed by atoms with E-state index in [9.17, 15) is 9.18 Å². The summed E-state index contributed by atoms with van der Waals surface area (Å²) in [6.07, 6.45) is 1.51. The molecule has 0 bridgehead atoms. The van der Waals surface area contributed by atoms with Crippen molar-refractivity contribution in [3.63, 3.8) is 0 Å². The first-order chi connectivity index (χ1) is 11.5. The molecule has 0 aliphatic carbocycles. The van der Waals surface area contributed by atoms with Crippen molar-refractivity contribution in [3.8, 4) is 5.69 Å². The minimum Gasteiger partial charge on any atom is -0.322 e. The zero-order valence-electron chi connectivity index (χ0n) is 13.2. The SMILES string of the molecule is Cc1cccc(-n2ncc(C(=O)Nc3ccc(F)c(Cl)c3)c2C)c1. The van der Waals surface area contributed by atoms with Gasteiger partial charge in [-0.05, 0) is 49.7 Å². The Kier molecular flexibility index (Phi) is 4.36. The van der Waals surface area contributed by atoms with Crippen LogP contribution in [0.2, 0.25) is 5.02 Å². The van der Waals surface area contributed by atoms with E-state index in [1.807, 2.05) is 38.1 Å². The summed E-state index contributed by atoms with van der Waals surface area (Å²) < 4.78 is 14.9. The van der Waals surface area contributed by atoms with Crippen LogP contribution in [0.3, 0.4) is 0 Å². The average molecular weight is 344 g/mol. The zero-order chi connectivity index (χ0) is 17.3. The molecule has 1 N–H and O–H groups in total. The van der Waals surface area contributed by atoms with Crippen molar-refractivity contribution in [3.05, 3.63) is 76.3 Å². The molecule has 0 unspecified atom stereocenters. The predicted octanol–water partition coefficient (Wildman–Crippen LogP) is 4.53. The molecule has 0 aliphatic rings. The minimum absolute atomic E-state index is 0.0417. The maximum absolute atomic E-state index is 13.2. The van der Waals surface area contributed by atoms with Crippen molar-refractivity contribution >= 4 is 23.2 Å². The van der Waals surface area contributed by atoms with E-state index in [4.69, 9.17) is 11.6 Å². The summed E-state index contributed by atoms with van der Waals surface area (Å²) in [5, 5.41) is 6.95. The van der Waals surface area contributed by atoms with Crippen molar-refractivity contribution in [2.45, 2.75) is 13.8 Å². The Labute approximate surface area is 143 Å². The Hall–Kier alpha value is -2.66. The van der Waals surface area contributed by atoms with Crippen LogP contribution in [0, 0.1) is 19.7 Å². The third kappa shape index (κ3) is 3.16. The van der Waals surface area contributed by atoms with Crippen molar-refractivity contribution in [2.75, 3.05) is 5.32 Å². The first kappa shape index (κ1) is 16.2. The second-order valence-electron chi connectivity index (χ2n) is 5.48. The van der Waals surface area contributed by atoms with Crippen LogP contribution < -0.4 is 5.32 Å². The molecule has 0 saturated heterocycles. The van der Waals surface area contributed by atoms with Crippen LogP contribution >= 0.6 is 11.6 Å². The summed E-state index contributed by atoms with van der Waals surface area (Å²) in [5.74, 6) is -0.854. The van der Waals surface area contributed by atoms with Crippen LogP contribution in [0.25, 0.3) is 5.69 Å². The smallest absolute Gasteiger partial charge is 0.259 e. The number of benzene rings is 2. The number of anilines is 1. The van der Waals surface area contributed by atoms with Gasteiger partial charge in [-0.3, -0.25) is 4.79 Å². The molecule has 0 fully saturated rings. The van der Waals surface area contributed by atoms with Crippen LogP contribution in [-0.2, 0) is 0 Å². The normalized spacial score (nSPS) is 10.7. The molecule has 3 aromatic rings. The monoisotopic (exact) mass is 343 g/mol. The van der Waals surface area contributed by atoms with Gasteiger partial charge in [0.05, 0.1) is 28.2 Å². The van der Waals surface area contributed by atoms with E-state index in [-0.39, 0.29) is 10.9 Å². The van der Waals surface area contributed by atoms with Gasteiger partial charge in [0.1, 0.15) is 5.82 Å². The summed E-state index contributed by atoms with van der Waals surface area (Å²) in [7, 11) is 0. The number of carbonyl (C=O) groups is 1. The Morgan fingerprint density at radius 1 is 1.21 bits per heavy atom. The summed E-state index contributed by atoms with van der Waals surface area (Å²) in [4.78, 5) is 12.4. The van der Waals surface area contributed by atoms with E-state index in [1.54, 1.807) is 4.68 Å². The highest BCUT2D eigenvalue weighted by Crippen LogP contribution is 2.21. The van der Waals surface area contributed by atoms with E-state index in [0.29, 0.717) is 16.9 Å². The van der Waals surface area contributed by atoms with Gasteiger partial charge in [-0.25, -0.2) is 9.07 Å². The van der Waals surface area contributed by atoms with Crippen LogP contribution in [0.1, 0.15) is 21.6 Å². The topological polar surface area (TPSA) is 46.9 Å². The Morgan fingerprint density at radius 2 is 2.00 bits per heavy atom. The van der Waals surface area contributed by atoms with E-state index in [2.05, 4.69) is 10.4 Å². The molecule has 3 rings (SSSR count). The molecule has 122 valence electrons. The maximum Gasteiger partial charge on any atom is 0.259 e. The molecule has 6 heteroatoms. The first-order valence-electron chi connectivity index (χ1n) is 7.34. The fraction of sp³-hybridized carbons (Fsp3) is 0.111. The molecular formula is C18H15ClFN3O. The van der Waals surface area contributed by atoms with Crippen molar-refractivity contribution < 1.29 is 9.18 Å². The number of hydrogen-bond acceptors (Lipinski definition) is 2. The summed E-state index contributed by atoms with van der Waals surface area (Å²) >= 11 is 5.73. The number of carbonyl (C=O) groups excluding carboxylic acids is 1. The number of nitrogens with zero attached hydrogens (tertiary/aromatic N) is 2. The largest absolute Gasteiger partial charge is 0.322 e. The molecule has 0 atom stereocenters. The molecule has 1 amide bonds. The average Bonchev–Trinajstić information content (AvgIpc) is 2.93. The lowest BCUT2D eigenvalue weighted by atomic mass is 10.2. The molecule has 1 heterocycles. The van der Waals surface area contributed by atoms with Crippen LogP contribution in [-0.4, -0.2) is 15.7 Å². The summed E-state index contributed by atoms with van der Waals surface area (Å²) in [5.41, 5.74) is 3.57. The Morgan fingerprint density at radius 3 is 2.71 bits per heavy atom. The lowest BCUT2D eigenvalue weighted by Gasteiger charge is -2.08. The highest BCUT2D eigenvalue weighted by Gasteiger charge is 2.16. The number of rotatable bonds is 3. The van der Waals surface area contributed by atoms with Crippen LogP contribution in [0.5, 0.6) is 0 Å². The minimum atomic E-state index is -0.530. The molecule has 4 nitrogen and oxygen atoms in total. The van der Waals surface area contributed by atoms with Gasteiger partial charge in [0.25, 0.3) is 5.91 Å². The highest BCUT2D eigenvalue weighted by molar-refractivity contribution is 6.31. The van der Waals surface area contributed by atoms with Gasteiger partial charge in [0.2, 0.25) is 0 Å². The van der Waals surface area contributed by atoms with Gasteiger partial charge in [0.15, 0.2) is 0 Å². The number of aryl methyl sites for hydroxylation is 1. The molecule has 24 heavy (non-hydrogen) atoms. The molecular weight excluding hydrogens is 329 g/mol. The number of hydrogen-bond donors (Lipinski definition) is 1. The van der Waals surface area contributed by atoms with Gasteiger partial charge in [-0.15, -0.1) is 0 Å². The van der Waals surface area contributed by atoms with Crippen molar-refractivity contribution in [1.29, 1.82) is 0 Å². The van der Waals surface area contributed by atoms with Gasteiger partial charge >= 0.3 is 0 Å². The molecule has 0 radical (unpaired) electrons. The highest BCUT2D eigenvalue weighted by atomic mass is 35.5. The van der Waals surface area contributed by atoms with E-state index in [1.165, 1.54) is 24.4 Å². The maximum atomic E-state index is 13.2. The second-order valence-corrected chi connectivity index (χ2v) is 5.88. The number of amides is 1. The lowest BCUT2D eigenvalue weighted by molar-refractivity contribution is 0.102. The predicted molar refractivity (Wildman–Crippen MR) is 92.4 cm³/mol. The second kappa shape index (κ2) is 6.45. The quantitative estimate of drug-likeness (QED) is 0.759. The third-order valence-corrected chi connectivity index (χ3v) is 3.97. The van der Waals surface area contributed by atoms with Gasteiger partial charge < -0.3 is 5.32 Å². The lowest BCUT2D eigenvalue weighted by Crippen LogP contribution is -2.13.